The Morgan fingerprint density at radius 2 is 2.00 bits per heavy atom. The Morgan fingerprint density at radius 3 is 2.60 bits per heavy atom. The number of nitrogens with zero attached hydrogens (tertiary/aromatic N) is 2. The number of ether oxygens (including phenoxy) is 1. The van der Waals surface area contributed by atoms with Crippen LogP contribution >= 0.6 is 0 Å². The molecule has 0 fully saturated rings. The zero-order chi connectivity index (χ0) is 18.4. The summed E-state index contributed by atoms with van der Waals surface area (Å²) in [6.45, 7) is 1.19. The third-order valence-electron chi connectivity index (χ3n) is 3.90. The van der Waals surface area contributed by atoms with Crippen molar-refractivity contribution in [3.63, 3.8) is 0 Å². The molecule has 0 atom stereocenters. The fourth-order valence-electron chi connectivity index (χ4n) is 2.52. The molecule has 4 nitrogen and oxygen atoms in total. The van der Waals surface area contributed by atoms with Crippen molar-refractivity contribution in [1.29, 1.82) is 0 Å². The molecule has 1 amide bonds. The molecule has 0 radical (unpaired) electrons. The van der Waals surface area contributed by atoms with E-state index in [-0.39, 0.29) is 5.56 Å². The molecule has 25 heavy (non-hydrogen) atoms. The third kappa shape index (κ3) is 5.09. The lowest BCUT2D eigenvalue weighted by atomic mass is 10.1. The highest BCUT2D eigenvalue weighted by molar-refractivity contribution is 5.94. The average molecular weight is 354 g/mol. The number of carbonyl (C=O) groups excluding carboxylic acids is 1. The highest BCUT2D eigenvalue weighted by Gasteiger charge is 2.31. The van der Waals surface area contributed by atoms with Gasteiger partial charge in [0.15, 0.2) is 0 Å². The van der Waals surface area contributed by atoms with Crippen molar-refractivity contribution in [3.05, 3.63) is 59.4 Å². The Balaban J connectivity index is 2.23. The number of methoxy groups -OCH3 is 1. The number of aromatic nitrogens is 1. The second-order valence-corrected chi connectivity index (χ2v) is 5.76. The molecular formula is C18H21F3N2O2. The van der Waals surface area contributed by atoms with Gasteiger partial charge in [-0.25, -0.2) is 0 Å². The van der Waals surface area contributed by atoms with Crippen molar-refractivity contribution in [2.75, 3.05) is 20.3 Å². The van der Waals surface area contributed by atoms with Gasteiger partial charge < -0.3 is 14.2 Å². The zero-order valence-corrected chi connectivity index (χ0v) is 14.2. The number of halogens is 3. The van der Waals surface area contributed by atoms with E-state index in [9.17, 15) is 18.0 Å². The first kappa shape index (κ1) is 19.1. The van der Waals surface area contributed by atoms with E-state index in [1.165, 1.54) is 12.1 Å². The summed E-state index contributed by atoms with van der Waals surface area (Å²) in [5, 5.41) is 0. The van der Waals surface area contributed by atoms with Gasteiger partial charge in [0.2, 0.25) is 0 Å². The second kappa shape index (κ2) is 8.20. The molecule has 1 aromatic carbocycles. The number of hydrogen-bond donors (Lipinski definition) is 0. The van der Waals surface area contributed by atoms with Crippen LogP contribution in [0.4, 0.5) is 13.2 Å². The minimum atomic E-state index is -4.48. The lowest BCUT2D eigenvalue weighted by molar-refractivity contribution is -0.137. The van der Waals surface area contributed by atoms with Crippen LogP contribution in [0.2, 0.25) is 0 Å². The summed E-state index contributed by atoms with van der Waals surface area (Å²) in [4.78, 5) is 14.3. The monoisotopic (exact) mass is 354 g/mol. The van der Waals surface area contributed by atoms with Gasteiger partial charge >= 0.3 is 6.18 Å². The van der Waals surface area contributed by atoms with E-state index in [1.807, 2.05) is 29.9 Å². The number of amides is 1. The maximum absolute atomic E-state index is 12.9. The first-order valence-electron chi connectivity index (χ1n) is 7.88. The summed E-state index contributed by atoms with van der Waals surface area (Å²) in [7, 11) is 3.42. The number of rotatable bonds is 7. The third-order valence-corrected chi connectivity index (χ3v) is 3.90. The SMILES string of the molecule is COCCCN(Cc1cccn1C)C(=O)c1cccc(C(F)(F)F)c1. The Kier molecular flexibility index (Phi) is 6.25. The summed E-state index contributed by atoms with van der Waals surface area (Å²) in [5.74, 6) is -0.427. The average Bonchev–Trinajstić information content (AvgIpc) is 2.98. The van der Waals surface area contributed by atoms with E-state index in [1.54, 1.807) is 12.0 Å². The van der Waals surface area contributed by atoms with Crippen LogP contribution in [0, 0.1) is 0 Å². The van der Waals surface area contributed by atoms with Crippen LogP contribution in [0.25, 0.3) is 0 Å². The Bertz CT molecular complexity index is 710. The normalized spacial score (nSPS) is 11.6. The molecule has 0 N–H and O–H groups in total. The van der Waals surface area contributed by atoms with E-state index in [0.29, 0.717) is 26.1 Å². The van der Waals surface area contributed by atoms with Crippen LogP contribution < -0.4 is 0 Å². The van der Waals surface area contributed by atoms with Crippen molar-refractivity contribution in [3.8, 4) is 0 Å². The molecule has 1 aromatic heterocycles. The van der Waals surface area contributed by atoms with E-state index < -0.39 is 17.6 Å². The molecule has 2 aromatic rings. The highest BCUT2D eigenvalue weighted by Crippen LogP contribution is 2.29. The Labute approximate surface area is 144 Å². The molecule has 0 aliphatic carbocycles. The molecule has 136 valence electrons. The fourth-order valence-corrected chi connectivity index (χ4v) is 2.52. The van der Waals surface area contributed by atoms with Crippen LogP contribution in [0.1, 0.15) is 28.0 Å². The van der Waals surface area contributed by atoms with Gasteiger partial charge in [0.25, 0.3) is 5.91 Å². The molecule has 0 spiro atoms. The van der Waals surface area contributed by atoms with Gasteiger partial charge in [-0.05, 0) is 36.8 Å². The van der Waals surface area contributed by atoms with Gasteiger partial charge in [0, 0.05) is 44.8 Å². The van der Waals surface area contributed by atoms with Crippen molar-refractivity contribution < 1.29 is 22.7 Å². The summed E-state index contributed by atoms with van der Waals surface area (Å²) < 4.78 is 45.6. The molecular weight excluding hydrogens is 333 g/mol. The topological polar surface area (TPSA) is 34.5 Å². The smallest absolute Gasteiger partial charge is 0.385 e. The number of carbonyl (C=O) groups is 1. The first-order valence-corrected chi connectivity index (χ1v) is 7.88. The molecule has 1 heterocycles. The van der Waals surface area contributed by atoms with Crippen LogP contribution in [0.5, 0.6) is 0 Å². The number of alkyl halides is 3. The molecule has 7 heteroatoms. The lowest BCUT2D eigenvalue weighted by Crippen LogP contribution is -2.33. The molecule has 0 bridgehead atoms. The van der Waals surface area contributed by atoms with Gasteiger partial charge in [0.1, 0.15) is 0 Å². The number of aryl methyl sites for hydroxylation is 1. The summed E-state index contributed by atoms with van der Waals surface area (Å²) in [6.07, 6.45) is -2.02. The van der Waals surface area contributed by atoms with E-state index in [2.05, 4.69) is 0 Å². The number of hydrogen-bond acceptors (Lipinski definition) is 2. The van der Waals surface area contributed by atoms with Crippen LogP contribution in [-0.4, -0.2) is 35.6 Å². The Morgan fingerprint density at radius 1 is 1.24 bits per heavy atom. The van der Waals surface area contributed by atoms with Gasteiger partial charge in [-0.1, -0.05) is 6.07 Å². The largest absolute Gasteiger partial charge is 0.416 e. The maximum atomic E-state index is 12.9. The van der Waals surface area contributed by atoms with Crippen molar-refractivity contribution in [2.24, 2.45) is 7.05 Å². The summed E-state index contributed by atoms with van der Waals surface area (Å²) in [6, 6.07) is 8.26. The molecule has 0 aliphatic rings. The first-order chi connectivity index (χ1) is 11.8. The van der Waals surface area contributed by atoms with E-state index in [0.717, 1.165) is 17.8 Å². The Hall–Kier alpha value is -2.28. The lowest BCUT2D eigenvalue weighted by Gasteiger charge is -2.23. The summed E-state index contributed by atoms with van der Waals surface area (Å²) >= 11 is 0. The van der Waals surface area contributed by atoms with Gasteiger partial charge in [0.05, 0.1) is 12.1 Å². The van der Waals surface area contributed by atoms with Crippen molar-refractivity contribution in [1.82, 2.24) is 9.47 Å². The van der Waals surface area contributed by atoms with Gasteiger partial charge in [-0.2, -0.15) is 13.2 Å². The minimum Gasteiger partial charge on any atom is -0.385 e. The molecule has 0 saturated carbocycles. The molecule has 2 rings (SSSR count). The minimum absolute atomic E-state index is 0.0291. The second-order valence-electron chi connectivity index (χ2n) is 5.76. The van der Waals surface area contributed by atoms with Gasteiger partial charge in [-0.15, -0.1) is 0 Å². The quantitative estimate of drug-likeness (QED) is 0.710. The van der Waals surface area contributed by atoms with Crippen molar-refractivity contribution in [2.45, 2.75) is 19.1 Å². The van der Waals surface area contributed by atoms with Crippen molar-refractivity contribution >= 4 is 5.91 Å². The van der Waals surface area contributed by atoms with Crippen LogP contribution in [0.3, 0.4) is 0 Å². The summed E-state index contributed by atoms with van der Waals surface area (Å²) in [5.41, 5.74) is 0.105. The van der Waals surface area contributed by atoms with Crippen LogP contribution in [-0.2, 0) is 24.5 Å². The number of benzene rings is 1. The fraction of sp³-hybridized carbons (Fsp3) is 0.389. The van der Waals surface area contributed by atoms with E-state index >= 15 is 0 Å². The predicted octanol–water partition coefficient (Wildman–Crippen LogP) is 3.72. The maximum Gasteiger partial charge on any atom is 0.416 e. The highest BCUT2D eigenvalue weighted by atomic mass is 19.4. The van der Waals surface area contributed by atoms with Gasteiger partial charge in [-0.3, -0.25) is 4.79 Å². The molecule has 0 aliphatic heterocycles. The molecule has 0 saturated heterocycles. The standard InChI is InChI=1S/C18H21F3N2O2/c1-22-9-4-8-16(22)13-23(10-5-11-25-2)17(24)14-6-3-7-15(12-14)18(19,20)21/h3-4,6-9,12H,5,10-11,13H2,1-2H3. The van der Waals surface area contributed by atoms with Crippen LogP contribution in [0.15, 0.2) is 42.6 Å². The predicted molar refractivity (Wildman–Crippen MR) is 88.1 cm³/mol. The zero-order valence-electron chi connectivity index (χ0n) is 14.2. The van der Waals surface area contributed by atoms with E-state index in [4.69, 9.17) is 4.74 Å². The molecule has 0 unspecified atom stereocenters.